The third-order valence-electron chi connectivity index (χ3n) is 4.56. The van der Waals surface area contributed by atoms with Crippen molar-refractivity contribution in [3.8, 4) is 0 Å². The van der Waals surface area contributed by atoms with Crippen LogP contribution in [0.15, 0.2) is 72.9 Å². The highest BCUT2D eigenvalue weighted by atomic mass is 31.2. The smallest absolute Gasteiger partial charge is 0.462 e. The lowest BCUT2D eigenvalue weighted by molar-refractivity contribution is -0.160. The van der Waals surface area contributed by atoms with Crippen LogP contribution in [0.25, 0.3) is 0 Å². The highest BCUT2D eigenvalue weighted by Crippen LogP contribution is 2.35. The average Bonchev–Trinajstić information content (AvgIpc) is 2.86. The van der Waals surface area contributed by atoms with Gasteiger partial charge in [0.05, 0.1) is 6.61 Å². The zero-order valence-electron chi connectivity index (χ0n) is 22.1. The van der Waals surface area contributed by atoms with E-state index >= 15 is 0 Å². The average molecular weight is 539 g/mol. The Labute approximate surface area is 221 Å². The van der Waals surface area contributed by atoms with Crippen LogP contribution in [-0.2, 0) is 28.2 Å². The first-order valence-electron chi connectivity index (χ1n) is 12.7. The lowest BCUT2D eigenvalue weighted by atomic mass is 10.2. The van der Waals surface area contributed by atoms with Gasteiger partial charge >= 0.3 is 19.8 Å². The van der Waals surface area contributed by atoms with Crippen molar-refractivity contribution in [1.82, 2.24) is 0 Å². The molecule has 208 valence electrons. The molecule has 0 aliphatic carbocycles. The molecule has 0 aromatic rings. The molecule has 0 amide bonds. The number of hydrogen-bond donors (Lipinski definition) is 2. The fourth-order valence-electron chi connectivity index (χ4n) is 2.67. The number of phosphoric acid groups is 1. The first-order chi connectivity index (χ1) is 17.8. The van der Waals surface area contributed by atoms with Crippen LogP contribution in [0.3, 0.4) is 0 Å². The lowest BCUT2D eigenvalue weighted by Gasteiger charge is -2.18. The van der Waals surface area contributed by atoms with Crippen LogP contribution in [0, 0.1) is 0 Å². The Morgan fingerprint density at radius 3 is 1.59 bits per heavy atom. The van der Waals surface area contributed by atoms with E-state index in [4.69, 9.17) is 19.3 Å². The highest BCUT2D eigenvalue weighted by Gasteiger charge is 2.22. The molecule has 0 fully saturated rings. The highest BCUT2D eigenvalue weighted by molar-refractivity contribution is 7.46. The minimum absolute atomic E-state index is 0.0797. The van der Waals surface area contributed by atoms with Crippen molar-refractivity contribution in [2.45, 2.75) is 77.7 Å². The van der Waals surface area contributed by atoms with Crippen LogP contribution in [0.5, 0.6) is 0 Å². The number of hydrogen-bond acceptors (Lipinski definition) is 6. The predicted octanol–water partition coefficient (Wildman–Crippen LogP) is 6.44. The van der Waals surface area contributed by atoms with Crippen molar-refractivity contribution in [3.63, 3.8) is 0 Å². The maximum atomic E-state index is 12.0. The van der Waals surface area contributed by atoms with Gasteiger partial charge < -0.3 is 19.3 Å². The molecule has 0 spiro atoms. The summed E-state index contributed by atoms with van der Waals surface area (Å²) in [5, 5.41) is 0. The van der Waals surface area contributed by atoms with E-state index < -0.39 is 32.5 Å². The van der Waals surface area contributed by atoms with Gasteiger partial charge in [-0.05, 0) is 44.9 Å². The summed E-state index contributed by atoms with van der Waals surface area (Å²) in [7, 11) is -4.74. The standard InChI is InChI=1S/C28H43O8P/c1-3-5-6-7-8-9-10-11-12-13-14-15-16-17-18-19-20-21-22-23-28(30)36-26(24-34-27(29)4-2)25-35-37(31,32)33/h5-6,8-9,11-12,14-15,17-18,20-21,26H,3-4,7,10,13,16,19,22-25H2,1-2H3,(H2,31,32,33)/b6-5-,9-8-,12-11-,15-14-,18-17-,21-20-. The summed E-state index contributed by atoms with van der Waals surface area (Å²) in [6.45, 7) is 2.82. The van der Waals surface area contributed by atoms with Crippen molar-refractivity contribution in [1.29, 1.82) is 0 Å². The van der Waals surface area contributed by atoms with Gasteiger partial charge in [-0.15, -0.1) is 0 Å². The number of allylic oxidation sites excluding steroid dienone is 12. The second-order valence-corrected chi connectivity index (χ2v) is 9.13. The fraction of sp³-hybridized carbons (Fsp3) is 0.500. The molecule has 0 radical (unpaired) electrons. The molecule has 37 heavy (non-hydrogen) atoms. The molecule has 0 aromatic heterocycles. The Kier molecular flexibility index (Phi) is 22.2. The summed E-state index contributed by atoms with van der Waals surface area (Å²) in [5.41, 5.74) is 0. The largest absolute Gasteiger partial charge is 0.469 e. The first-order valence-corrected chi connectivity index (χ1v) is 14.3. The van der Waals surface area contributed by atoms with Crippen LogP contribution in [0.2, 0.25) is 0 Å². The lowest BCUT2D eigenvalue weighted by Crippen LogP contribution is -2.29. The predicted molar refractivity (Wildman–Crippen MR) is 147 cm³/mol. The summed E-state index contributed by atoms with van der Waals surface area (Å²) in [5.74, 6) is -1.10. The number of ether oxygens (including phenoxy) is 2. The number of esters is 2. The minimum atomic E-state index is -4.74. The van der Waals surface area contributed by atoms with Gasteiger partial charge in [0, 0.05) is 12.8 Å². The molecule has 0 heterocycles. The molecular weight excluding hydrogens is 495 g/mol. The van der Waals surface area contributed by atoms with E-state index in [1.165, 1.54) is 0 Å². The number of carbonyl (C=O) groups is 2. The fourth-order valence-corrected chi connectivity index (χ4v) is 3.03. The molecule has 0 aromatic carbocycles. The molecule has 0 aliphatic heterocycles. The third kappa shape index (κ3) is 26.4. The monoisotopic (exact) mass is 538 g/mol. The maximum absolute atomic E-state index is 12.0. The molecule has 1 atom stereocenters. The molecule has 9 heteroatoms. The Balaban J connectivity index is 4.03. The van der Waals surface area contributed by atoms with E-state index in [0.29, 0.717) is 6.42 Å². The van der Waals surface area contributed by atoms with Crippen LogP contribution in [0.1, 0.15) is 71.6 Å². The summed E-state index contributed by atoms with van der Waals surface area (Å²) in [6.07, 6.45) is 30.3. The third-order valence-corrected chi connectivity index (χ3v) is 5.04. The molecule has 8 nitrogen and oxygen atoms in total. The Bertz CT molecular complexity index is 833. The number of rotatable bonds is 21. The van der Waals surface area contributed by atoms with Gasteiger partial charge in [-0.1, -0.05) is 86.8 Å². The van der Waals surface area contributed by atoms with Gasteiger partial charge in [0.2, 0.25) is 0 Å². The number of phosphoric ester groups is 1. The Morgan fingerprint density at radius 1 is 0.703 bits per heavy atom. The normalized spacial score (nSPS) is 13.7. The molecule has 0 aliphatic rings. The second kappa shape index (κ2) is 23.9. The molecule has 1 unspecified atom stereocenters. The van der Waals surface area contributed by atoms with Crippen LogP contribution >= 0.6 is 7.82 Å². The summed E-state index contributed by atoms with van der Waals surface area (Å²) in [4.78, 5) is 40.9. The molecule has 0 rings (SSSR count). The van der Waals surface area contributed by atoms with Gasteiger partial charge in [-0.25, -0.2) is 4.57 Å². The van der Waals surface area contributed by atoms with Crippen molar-refractivity contribution >= 4 is 19.8 Å². The molecule has 2 N–H and O–H groups in total. The van der Waals surface area contributed by atoms with E-state index in [-0.39, 0.29) is 19.4 Å². The quantitative estimate of drug-likeness (QED) is 0.0974. The minimum Gasteiger partial charge on any atom is -0.462 e. The van der Waals surface area contributed by atoms with Crippen molar-refractivity contribution in [2.75, 3.05) is 13.2 Å². The van der Waals surface area contributed by atoms with E-state index in [1.807, 2.05) is 18.2 Å². The van der Waals surface area contributed by atoms with Crippen molar-refractivity contribution in [3.05, 3.63) is 72.9 Å². The van der Waals surface area contributed by atoms with Gasteiger partial charge in [-0.3, -0.25) is 14.1 Å². The summed E-state index contributed by atoms with van der Waals surface area (Å²) < 4.78 is 25.3. The van der Waals surface area contributed by atoms with Crippen molar-refractivity contribution < 1.29 is 37.9 Å². The molecule has 0 saturated heterocycles. The summed E-state index contributed by atoms with van der Waals surface area (Å²) in [6, 6.07) is 0. The zero-order valence-corrected chi connectivity index (χ0v) is 23.0. The van der Waals surface area contributed by atoms with E-state index in [1.54, 1.807) is 6.92 Å². The van der Waals surface area contributed by atoms with Gasteiger partial charge in [-0.2, -0.15) is 0 Å². The maximum Gasteiger partial charge on any atom is 0.469 e. The number of carbonyl (C=O) groups excluding carboxylic acids is 2. The molecule has 0 saturated carbocycles. The second-order valence-electron chi connectivity index (χ2n) is 7.89. The Morgan fingerprint density at radius 2 is 1.16 bits per heavy atom. The van der Waals surface area contributed by atoms with Crippen LogP contribution in [-0.4, -0.2) is 41.0 Å². The van der Waals surface area contributed by atoms with Crippen LogP contribution < -0.4 is 0 Å². The van der Waals surface area contributed by atoms with Crippen molar-refractivity contribution in [2.24, 2.45) is 0 Å². The first kappa shape index (κ1) is 34.5. The van der Waals surface area contributed by atoms with E-state index in [9.17, 15) is 14.2 Å². The van der Waals surface area contributed by atoms with Gasteiger partial charge in [0.1, 0.15) is 6.61 Å². The molecular formula is C28H43O8P. The topological polar surface area (TPSA) is 119 Å². The SMILES string of the molecule is CC/C=C\C/C=C\C/C=C\C/C=C\C/C=C\C/C=C\CCC(=O)OC(COC(=O)CC)COP(=O)(O)O. The van der Waals surface area contributed by atoms with Crippen LogP contribution in [0.4, 0.5) is 0 Å². The molecule has 0 bridgehead atoms. The zero-order chi connectivity index (χ0) is 27.6. The van der Waals surface area contributed by atoms with E-state index in [2.05, 4.69) is 66.1 Å². The Hall–Kier alpha value is -2.51. The van der Waals surface area contributed by atoms with Gasteiger partial charge in [0.25, 0.3) is 0 Å². The van der Waals surface area contributed by atoms with Gasteiger partial charge in [0.15, 0.2) is 6.10 Å². The summed E-state index contributed by atoms with van der Waals surface area (Å²) >= 11 is 0. The van der Waals surface area contributed by atoms with E-state index in [0.717, 1.165) is 38.5 Å².